The number of anilines is 1. The van der Waals surface area contributed by atoms with Crippen molar-refractivity contribution in [1.29, 1.82) is 0 Å². The smallest absolute Gasteiger partial charge is 0.410 e. The summed E-state index contributed by atoms with van der Waals surface area (Å²) in [5.74, 6) is 6.44. The Bertz CT molecular complexity index is 1460. The van der Waals surface area contributed by atoms with E-state index in [2.05, 4.69) is 10.3 Å². The second-order valence-electron chi connectivity index (χ2n) is 11.8. The summed E-state index contributed by atoms with van der Waals surface area (Å²) in [4.78, 5) is 48.1. The topological polar surface area (TPSA) is 158 Å². The molecule has 2 aliphatic rings. The lowest BCUT2D eigenvalue weighted by molar-refractivity contribution is -0.0800. The van der Waals surface area contributed by atoms with Gasteiger partial charge in [0.25, 0.3) is 11.8 Å². The highest BCUT2D eigenvalue weighted by molar-refractivity contribution is 6.04. The molecule has 0 unspecified atom stereocenters. The quantitative estimate of drug-likeness (QED) is 0.398. The molecule has 3 aromatic rings. The van der Waals surface area contributed by atoms with Gasteiger partial charge >= 0.3 is 6.09 Å². The number of hydrogen-bond acceptors (Lipinski definition) is 7. The van der Waals surface area contributed by atoms with Crippen LogP contribution in [0.15, 0.2) is 42.6 Å². The number of benzene rings is 1. The summed E-state index contributed by atoms with van der Waals surface area (Å²) < 4.78 is 6.75. The molecule has 11 heteroatoms. The number of aryl methyl sites for hydroxylation is 1. The van der Waals surface area contributed by atoms with Crippen LogP contribution in [0.25, 0.3) is 11.3 Å². The minimum atomic E-state index is -0.686. The van der Waals surface area contributed by atoms with E-state index in [4.69, 9.17) is 21.3 Å². The first-order valence-corrected chi connectivity index (χ1v) is 13.4. The Kier molecular flexibility index (Phi) is 6.77. The van der Waals surface area contributed by atoms with Gasteiger partial charge in [0.05, 0.1) is 0 Å². The van der Waals surface area contributed by atoms with Crippen molar-refractivity contribution in [3.8, 4) is 11.3 Å². The number of likely N-dealkylation sites (tertiary alicyclic amines) is 1. The van der Waals surface area contributed by atoms with Gasteiger partial charge in [-0.25, -0.2) is 19.4 Å². The van der Waals surface area contributed by atoms with Gasteiger partial charge in [0.1, 0.15) is 22.9 Å². The summed E-state index contributed by atoms with van der Waals surface area (Å²) >= 11 is 0. The molecular formula is C29H35N7O4. The maximum Gasteiger partial charge on any atom is 0.410 e. The third-order valence-electron chi connectivity index (χ3n) is 7.49. The molecule has 1 aliphatic heterocycles. The Morgan fingerprint density at radius 3 is 2.40 bits per heavy atom. The molecule has 0 bridgehead atoms. The highest BCUT2D eigenvalue weighted by Gasteiger charge is 2.56. The molecule has 1 spiro atoms. The van der Waals surface area contributed by atoms with Gasteiger partial charge in [-0.15, -0.1) is 0 Å². The number of nitrogens with zero attached hydrogens (tertiary/aromatic N) is 4. The van der Waals surface area contributed by atoms with Crippen molar-refractivity contribution in [3.05, 3.63) is 65.2 Å². The molecule has 0 atom stereocenters. The SMILES string of the molecule is CCc1ccnc(NC(=O)c2ccc(-c3nc(C4CC5(C4)CN(C(=O)OC(C)(C)C)C5)n(N)c3C(N)=O)cc2)c1. The molecule has 11 nitrogen and oxygen atoms in total. The molecule has 1 aliphatic carbocycles. The molecule has 210 valence electrons. The summed E-state index contributed by atoms with van der Waals surface area (Å²) in [5.41, 5.74) is 7.79. The van der Waals surface area contributed by atoms with E-state index in [-0.39, 0.29) is 29.0 Å². The number of nitrogens with two attached hydrogens (primary N) is 2. The lowest BCUT2D eigenvalue weighted by Crippen LogP contribution is -2.64. The van der Waals surface area contributed by atoms with E-state index >= 15 is 0 Å². The fraction of sp³-hybridized carbons (Fsp3) is 0.414. The average Bonchev–Trinajstić information content (AvgIpc) is 3.18. The molecule has 5 rings (SSSR count). The summed E-state index contributed by atoms with van der Waals surface area (Å²) in [7, 11) is 0. The van der Waals surface area contributed by atoms with Crippen LogP contribution >= 0.6 is 0 Å². The number of nitrogen functional groups attached to an aromatic ring is 1. The maximum absolute atomic E-state index is 12.8. The number of pyridine rings is 1. The van der Waals surface area contributed by atoms with Crippen molar-refractivity contribution in [2.24, 2.45) is 11.1 Å². The number of carbonyl (C=O) groups excluding carboxylic acids is 3. The minimum absolute atomic E-state index is 0.0150. The Morgan fingerprint density at radius 2 is 1.80 bits per heavy atom. The van der Waals surface area contributed by atoms with Crippen molar-refractivity contribution in [2.75, 3.05) is 24.2 Å². The van der Waals surface area contributed by atoms with E-state index in [0.717, 1.165) is 24.8 Å². The first-order chi connectivity index (χ1) is 18.9. The van der Waals surface area contributed by atoms with Gasteiger partial charge in [0.15, 0.2) is 5.69 Å². The van der Waals surface area contributed by atoms with Crippen molar-refractivity contribution in [3.63, 3.8) is 0 Å². The number of amides is 3. The average molecular weight is 546 g/mol. The van der Waals surface area contributed by atoms with Gasteiger partial charge in [0.2, 0.25) is 0 Å². The number of ether oxygens (including phenoxy) is 1. The number of rotatable bonds is 6. The van der Waals surface area contributed by atoms with Crippen molar-refractivity contribution in [2.45, 2.75) is 58.5 Å². The third-order valence-corrected chi connectivity index (χ3v) is 7.49. The number of carbonyl (C=O) groups is 3. The fourth-order valence-electron chi connectivity index (χ4n) is 5.55. The highest BCUT2D eigenvalue weighted by Crippen LogP contribution is 2.56. The van der Waals surface area contributed by atoms with Gasteiger partial charge in [-0.2, -0.15) is 0 Å². The van der Waals surface area contributed by atoms with Gasteiger partial charge in [-0.05, 0) is 69.9 Å². The van der Waals surface area contributed by atoms with Crippen molar-refractivity contribution in [1.82, 2.24) is 19.5 Å². The molecule has 5 N–H and O–H groups in total. The fourth-order valence-corrected chi connectivity index (χ4v) is 5.55. The number of nitrogens with one attached hydrogen (secondary N) is 1. The molecule has 1 aromatic carbocycles. The van der Waals surface area contributed by atoms with Gasteiger partial charge < -0.3 is 26.5 Å². The second-order valence-corrected chi connectivity index (χ2v) is 11.8. The number of hydrogen-bond donors (Lipinski definition) is 3. The second kappa shape index (κ2) is 9.96. The van der Waals surface area contributed by atoms with Crippen molar-refractivity contribution >= 4 is 23.7 Å². The van der Waals surface area contributed by atoms with Crippen LogP contribution in [0.1, 0.15) is 78.7 Å². The van der Waals surface area contributed by atoms with Crippen molar-refractivity contribution < 1.29 is 19.1 Å². The molecule has 2 fully saturated rings. The van der Waals surface area contributed by atoms with E-state index in [1.54, 1.807) is 35.4 Å². The van der Waals surface area contributed by atoms with Crippen LogP contribution in [0.2, 0.25) is 0 Å². The predicted molar refractivity (Wildman–Crippen MR) is 150 cm³/mol. The zero-order chi connectivity index (χ0) is 28.8. The van der Waals surface area contributed by atoms with E-state index in [0.29, 0.717) is 41.6 Å². The lowest BCUT2D eigenvalue weighted by atomic mass is 9.57. The Hall–Kier alpha value is -4.41. The number of imidazole rings is 1. The molecular weight excluding hydrogens is 510 g/mol. The van der Waals surface area contributed by atoms with Crippen LogP contribution in [0.4, 0.5) is 10.6 Å². The van der Waals surface area contributed by atoms with Crippen LogP contribution in [-0.2, 0) is 11.2 Å². The van der Waals surface area contributed by atoms with Gasteiger partial charge in [0, 0.05) is 41.7 Å². The standard InChI is InChI=1S/C29H35N7O4/c1-5-17-10-11-32-21(12-17)33-26(38)19-8-6-18(7-9-19)22-23(24(30)37)36(31)25(34-22)20-13-29(14-20)15-35(16-29)27(39)40-28(2,3)4/h6-12,20H,5,13-16,31H2,1-4H3,(H2,30,37)(H,32,33,38). The first kappa shape index (κ1) is 27.2. The van der Waals surface area contributed by atoms with Gasteiger partial charge in [-0.3, -0.25) is 9.59 Å². The maximum atomic E-state index is 12.8. The monoisotopic (exact) mass is 545 g/mol. The summed E-state index contributed by atoms with van der Waals surface area (Å²) in [6.07, 6.45) is 3.79. The normalized spacial score (nSPS) is 16.2. The summed E-state index contributed by atoms with van der Waals surface area (Å²) in [6, 6.07) is 10.5. The lowest BCUT2D eigenvalue weighted by Gasteiger charge is -2.58. The number of aromatic nitrogens is 3. The van der Waals surface area contributed by atoms with Crippen LogP contribution in [0.3, 0.4) is 0 Å². The Labute approximate surface area is 232 Å². The highest BCUT2D eigenvalue weighted by atomic mass is 16.6. The molecule has 0 radical (unpaired) electrons. The van der Waals surface area contributed by atoms with Gasteiger partial charge in [-0.1, -0.05) is 19.1 Å². The summed E-state index contributed by atoms with van der Waals surface area (Å²) in [6.45, 7) is 8.83. The Morgan fingerprint density at radius 1 is 1.12 bits per heavy atom. The zero-order valence-electron chi connectivity index (χ0n) is 23.2. The van der Waals surface area contributed by atoms with Crippen LogP contribution in [0, 0.1) is 5.41 Å². The molecule has 3 amide bonds. The molecule has 1 saturated heterocycles. The summed E-state index contributed by atoms with van der Waals surface area (Å²) in [5, 5.41) is 2.81. The van der Waals surface area contributed by atoms with E-state index in [1.165, 1.54) is 4.68 Å². The largest absolute Gasteiger partial charge is 0.444 e. The zero-order valence-corrected chi connectivity index (χ0v) is 23.2. The number of primary amides is 1. The molecule has 40 heavy (non-hydrogen) atoms. The predicted octanol–water partition coefficient (Wildman–Crippen LogP) is 3.69. The molecule has 3 heterocycles. The van der Waals surface area contributed by atoms with E-state index in [1.807, 2.05) is 39.8 Å². The van der Waals surface area contributed by atoms with Crippen LogP contribution < -0.4 is 16.9 Å². The molecule has 1 saturated carbocycles. The van der Waals surface area contributed by atoms with E-state index < -0.39 is 11.5 Å². The van der Waals surface area contributed by atoms with E-state index in [9.17, 15) is 14.4 Å². The first-order valence-electron chi connectivity index (χ1n) is 13.4. The Balaban J connectivity index is 1.28. The minimum Gasteiger partial charge on any atom is -0.444 e. The van der Waals surface area contributed by atoms with Crippen LogP contribution in [-0.4, -0.2) is 56.1 Å². The third kappa shape index (κ3) is 5.23. The molecule has 2 aromatic heterocycles. The van der Waals surface area contributed by atoms with Crippen LogP contribution in [0.5, 0.6) is 0 Å².